The van der Waals surface area contributed by atoms with E-state index in [1.807, 2.05) is 6.92 Å². The lowest BCUT2D eigenvalue weighted by Gasteiger charge is -2.23. The molecule has 1 aromatic rings. The topological polar surface area (TPSA) is 52.3 Å². The van der Waals surface area contributed by atoms with E-state index in [0.717, 1.165) is 25.8 Å². The minimum atomic E-state index is -0.111. The zero-order chi connectivity index (χ0) is 13.7. The van der Waals surface area contributed by atoms with Crippen molar-refractivity contribution in [2.45, 2.75) is 39.0 Å². The summed E-state index contributed by atoms with van der Waals surface area (Å²) in [5.41, 5.74) is 9.86. The van der Waals surface area contributed by atoms with Crippen LogP contribution in [0.4, 0.5) is 0 Å². The lowest BCUT2D eigenvalue weighted by atomic mass is 9.83. The summed E-state index contributed by atoms with van der Waals surface area (Å²) in [5.74, 6) is 0.507. The Kier molecular flexibility index (Phi) is 4.97. The Hall–Kier alpha value is -1.35. The summed E-state index contributed by atoms with van der Waals surface area (Å²) in [6, 6.07) is 6.60. The van der Waals surface area contributed by atoms with Crippen LogP contribution in [-0.2, 0) is 28.8 Å². The second kappa shape index (κ2) is 6.71. The third-order valence-corrected chi connectivity index (χ3v) is 3.86. The summed E-state index contributed by atoms with van der Waals surface area (Å²) in [6.45, 7) is 3.07. The molecule has 1 unspecified atom stereocenters. The van der Waals surface area contributed by atoms with Crippen LogP contribution in [0, 0.1) is 5.92 Å². The maximum atomic E-state index is 11.4. The van der Waals surface area contributed by atoms with Gasteiger partial charge in [0.1, 0.15) is 0 Å². The molecule has 3 nitrogen and oxygen atoms in total. The summed E-state index contributed by atoms with van der Waals surface area (Å²) < 4.78 is 4.96. The van der Waals surface area contributed by atoms with E-state index in [1.54, 1.807) is 0 Å². The fourth-order valence-corrected chi connectivity index (χ4v) is 2.72. The Morgan fingerprint density at radius 2 is 2.26 bits per heavy atom. The number of carbonyl (C=O) groups is 1. The van der Waals surface area contributed by atoms with Crippen molar-refractivity contribution in [3.8, 4) is 0 Å². The van der Waals surface area contributed by atoms with Crippen LogP contribution < -0.4 is 5.73 Å². The van der Waals surface area contributed by atoms with Gasteiger partial charge in [-0.2, -0.15) is 0 Å². The molecule has 2 rings (SSSR count). The summed E-state index contributed by atoms with van der Waals surface area (Å²) in [6.07, 6.45) is 4.65. The summed E-state index contributed by atoms with van der Waals surface area (Å²) in [4.78, 5) is 11.4. The van der Waals surface area contributed by atoms with Crippen LogP contribution in [0.5, 0.6) is 0 Å². The molecule has 0 amide bonds. The second-order valence-corrected chi connectivity index (χ2v) is 5.25. The highest BCUT2D eigenvalue weighted by molar-refractivity contribution is 5.69. The predicted octanol–water partition coefficient (Wildman–Crippen LogP) is 2.25. The highest BCUT2D eigenvalue weighted by Crippen LogP contribution is 2.26. The van der Waals surface area contributed by atoms with Gasteiger partial charge in [0.05, 0.1) is 6.61 Å². The normalized spacial score (nSPS) is 17.9. The van der Waals surface area contributed by atoms with E-state index in [0.29, 0.717) is 18.9 Å². The molecule has 1 atom stereocenters. The quantitative estimate of drug-likeness (QED) is 0.827. The number of hydrogen-bond acceptors (Lipinski definition) is 3. The van der Waals surface area contributed by atoms with Gasteiger partial charge in [0, 0.05) is 6.42 Å². The molecule has 1 aliphatic carbocycles. The first-order valence-corrected chi connectivity index (χ1v) is 7.19. The van der Waals surface area contributed by atoms with Gasteiger partial charge < -0.3 is 10.5 Å². The monoisotopic (exact) mass is 261 g/mol. The predicted molar refractivity (Wildman–Crippen MR) is 76.0 cm³/mol. The lowest BCUT2D eigenvalue weighted by Crippen LogP contribution is -2.22. The second-order valence-electron chi connectivity index (χ2n) is 5.25. The molecule has 0 bridgehead atoms. The number of carbonyl (C=O) groups excluding carboxylic acids is 1. The summed E-state index contributed by atoms with van der Waals surface area (Å²) >= 11 is 0. The van der Waals surface area contributed by atoms with Crippen molar-refractivity contribution in [2.75, 3.05) is 13.2 Å². The molecule has 2 N–H and O–H groups in total. The number of fused-ring (bicyclic) bond motifs is 1. The first-order chi connectivity index (χ1) is 9.22. The molecule has 1 aromatic carbocycles. The maximum absolute atomic E-state index is 11.4. The third kappa shape index (κ3) is 3.80. The van der Waals surface area contributed by atoms with Crippen molar-refractivity contribution in [1.29, 1.82) is 0 Å². The SMILES string of the molecule is CCOC(=O)CCc1ccc2c(c1)CC(CN)CC2. The first-order valence-electron chi connectivity index (χ1n) is 7.19. The van der Waals surface area contributed by atoms with Crippen molar-refractivity contribution < 1.29 is 9.53 Å². The smallest absolute Gasteiger partial charge is 0.306 e. The molecule has 0 radical (unpaired) electrons. The van der Waals surface area contributed by atoms with E-state index in [1.165, 1.54) is 23.1 Å². The van der Waals surface area contributed by atoms with Crippen LogP contribution in [0.1, 0.15) is 36.5 Å². The molecule has 0 saturated heterocycles. The van der Waals surface area contributed by atoms with Crippen molar-refractivity contribution in [3.63, 3.8) is 0 Å². The number of rotatable bonds is 5. The van der Waals surface area contributed by atoms with Crippen LogP contribution in [0.25, 0.3) is 0 Å². The van der Waals surface area contributed by atoms with Crippen LogP contribution in [0.2, 0.25) is 0 Å². The van der Waals surface area contributed by atoms with E-state index >= 15 is 0 Å². The molecule has 0 saturated carbocycles. The van der Waals surface area contributed by atoms with Crippen molar-refractivity contribution in [3.05, 3.63) is 34.9 Å². The average Bonchev–Trinajstić information content (AvgIpc) is 2.44. The number of hydrogen-bond donors (Lipinski definition) is 1. The Balaban J connectivity index is 1.98. The van der Waals surface area contributed by atoms with Crippen molar-refractivity contribution >= 4 is 5.97 Å². The highest BCUT2D eigenvalue weighted by atomic mass is 16.5. The average molecular weight is 261 g/mol. The van der Waals surface area contributed by atoms with Gasteiger partial charge in [-0.15, -0.1) is 0 Å². The van der Waals surface area contributed by atoms with Gasteiger partial charge in [0.15, 0.2) is 0 Å². The Morgan fingerprint density at radius 1 is 1.42 bits per heavy atom. The van der Waals surface area contributed by atoms with Crippen LogP contribution in [-0.4, -0.2) is 19.1 Å². The highest BCUT2D eigenvalue weighted by Gasteiger charge is 2.17. The maximum Gasteiger partial charge on any atom is 0.306 e. The van der Waals surface area contributed by atoms with Gasteiger partial charge in [-0.3, -0.25) is 4.79 Å². The summed E-state index contributed by atoms with van der Waals surface area (Å²) in [7, 11) is 0. The molecule has 19 heavy (non-hydrogen) atoms. The van der Waals surface area contributed by atoms with Crippen LogP contribution in [0.3, 0.4) is 0 Å². The van der Waals surface area contributed by atoms with Gasteiger partial charge in [-0.1, -0.05) is 18.2 Å². The Morgan fingerprint density at radius 3 is 3.00 bits per heavy atom. The fourth-order valence-electron chi connectivity index (χ4n) is 2.72. The van der Waals surface area contributed by atoms with Gasteiger partial charge in [0.25, 0.3) is 0 Å². The Bertz CT molecular complexity index is 442. The molecule has 0 aromatic heterocycles. The standard InChI is InChI=1S/C16H23NO2/c1-2-19-16(18)8-5-12-3-6-14-7-4-13(11-17)10-15(14)9-12/h3,6,9,13H,2,4-5,7-8,10-11,17H2,1H3. The van der Waals surface area contributed by atoms with Gasteiger partial charge >= 0.3 is 5.97 Å². The third-order valence-electron chi connectivity index (χ3n) is 3.86. The number of nitrogens with two attached hydrogens (primary N) is 1. The number of esters is 1. The molecular formula is C16H23NO2. The number of ether oxygens (including phenoxy) is 1. The first kappa shape index (κ1) is 14.1. The van der Waals surface area contributed by atoms with E-state index in [2.05, 4.69) is 18.2 Å². The number of benzene rings is 1. The van der Waals surface area contributed by atoms with Crippen LogP contribution >= 0.6 is 0 Å². The molecule has 0 fully saturated rings. The van der Waals surface area contributed by atoms with Gasteiger partial charge in [0.2, 0.25) is 0 Å². The van der Waals surface area contributed by atoms with Crippen molar-refractivity contribution in [2.24, 2.45) is 11.7 Å². The van der Waals surface area contributed by atoms with Gasteiger partial charge in [-0.05, 0) is 61.8 Å². The molecular weight excluding hydrogens is 238 g/mol. The van der Waals surface area contributed by atoms with E-state index in [9.17, 15) is 4.79 Å². The minimum absolute atomic E-state index is 0.111. The Labute approximate surface area is 115 Å². The molecule has 0 heterocycles. The lowest BCUT2D eigenvalue weighted by molar-refractivity contribution is -0.143. The van der Waals surface area contributed by atoms with Crippen LogP contribution in [0.15, 0.2) is 18.2 Å². The zero-order valence-electron chi connectivity index (χ0n) is 11.7. The van der Waals surface area contributed by atoms with Crippen molar-refractivity contribution in [1.82, 2.24) is 0 Å². The summed E-state index contributed by atoms with van der Waals surface area (Å²) in [5, 5.41) is 0. The molecule has 0 spiro atoms. The van der Waals surface area contributed by atoms with Gasteiger partial charge in [-0.25, -0.2) is 0 Å². The zero-order valence-corrected chi connectivity index (χ0v) is 11.7. The molecule has 104 valence electrons. The fraction of sp³-hybridized carbons (Fsp3) is 0.562. The largest absolute Gasteiger partial charge is 0.466 e. The minimum Gasteiger partial charge on any atom is -0.466 e. The van der Waals surface area contributed by atoms with E-state index in [-0.39, 0.29) is 5.97 Å². The van der Waals surface area contributed by atoms with E-state index in [4.69, 9.17) is 10.5 Å². The molecule has 1 aliphatic rings. The van der Waals surface area contributed by atoms with E-state index < -0.39 is 0 Å². The molecule has 0 aliphatic heterocycles. The number of aryl methyl sites for hydroxylation is 2. The molecule has 3 heteroatoms.